The first kappa shape index (κ1) is 16.9. The number of aromatic nitrogens is 3. The van der Waals surface area contributed by atoms with E-state index in [0.29, 0.717) is 5.69 Å². The molecule has 0 spiro atoms. The van der Waals surface area contributed by atoms with E-state index in [9.17, 15) is 22.4 Å². The molecule has 0 radical (unpaired) electrons. The minimum absolute atomic E-state index is 0.284. The lowest BCUT2D eigenvalue weighted by atomic mass is 10.1. The van der Waals surface area contributed by atoms with Crippen LogP contribution in [-0.4, -0.2) is 32.4 Å². The molecule has 0 unspecified atom stereocenters. The summed E-state index contributed by atoms with van der Waals surface area (Å²) in [5.41, 5.74) is -1.98. The molecule has 1 heterocycles. The van der Waals surface area contributed by atoms with Gasteiger partial charge >= 0.3 is 6.18 Å². The summed E-state index contributed by atoms with van der Waals surface area (Å²) in [4.78, 5) is 15.8. The van der Waals surface area contributed by atoms with E-state index < -0.39 is 29.3 Å². The molecule has 0 atom stereocenters. The summed E-state index contributed by atoms with van der Waals surface area (Å²) in [5, 5.41) is 5.73. The Morgan fingerprint density at radius 2 is 1.74 bits per heavy atom. The maximum atomic E-state index is 12.9. The van der Waals surface area contributed by atoms with E-state index >= 15 is 0 Å². The summed E-state index contributed by atoms with van der Waals surface area (Å²) in [5.74, 6) is -1.61. The number of carbonyl (C=O) groups is 1. The maximum Gasteiger partial charge on any atom is 0.410 e. The molecule has 0 fully saturated rings. The van der Waals surface area contributed by atoms with Crippen LogP contribution in [0, 0.1) is 12.7 Å². The minimum Gasteiger partial charge on any atom is -0.335 e. The molecule has 0 aliphatic heterocycles. The number of nitrogens with one attached hydrogen (secondary N) is 1. The van der Waals surface area contributed by atoms with Crippen molar-refractivity contribution in [2.45, 2.75) is 32.5 Å². The van der Waals surface area contributed by atoms with Gasteiger partial charge in [-0.2, -0.15) is 13.2 Å². The molecule has 1 aromatic carbocycles. The Balaban J connectivity index is 2.27. The van der Waals surface area contributed by atoms with Gasteiger partial charge in [-0.25, -0.2) is 14.1 Å². The molecule has 1 N–H and O–H groups in total. The van der Waals surface area contributed by atoms with Crippen LogP contribution in [0.15, 0.2) is 24.3 Å². The predicted octanol–water partition coefficient (Wildman–Crippen LogP) is 2.79. The molecule has 0 saturated carbocycles. The zero-order valence-electron chi connectivity index (χ0n) is 12.6. The van der Waals surface area contributed by atoms with E-state index in [2.05, 4.69) is 10.1 Å². The zero-order valence-corrected chi connectivity index (χ0v) is 12.6. The van der Waals surface area contributed by atoms with Crippen LogP contribution in [0.4, 0.5) is 17.6 Å². The molecule has 1 aromatic heterocycles. The van der Waals surface area contributed by atoms with Crippen molar-refractivity contribution in [3.8, 4) is 5.69 Å². The van der Waals surface area contributed by atoms with E-state index in [0.717, 1.165) is 13.8 Å². The van der Waals surface area contributed by atoms with Crippen molar-refractivity contribution < 1.29 is 22.4 Å². The molecule has 0 aliphatic rings. The Morgan fingerprint density at radius 1 is 1.17 bits per heavy atom. The third kappa shape index (κ3) is 3.49. The van der Waals surface area contributed by atoms with Crippen molar-refractivity contribution in [2.24, 2.45) is 0 Å². The van der Waals surface area contributed by atoms with Gasteiger partial charge in [0, 0.05) is 0 Å². The van der Waals surface area contributed by atoms with Gasteiger partial charge in [-0.15, -0.1) is 5.10 Å². The Morgan fingerprint density at radius 3 is 2.26 bits per heavy atom. The Hall–Kier alpha value is -2.45. The second-order valence-corrected chi connectivity index (χ2v) is 5.45. The van der Waals surface area contributed by atoms with Gasteiger partial charge in [0.05, 0.1) is 5.69 Å². The minimum atomic E-state index is -4.61. The van der Waals surface area contributed by atoms with Crippen LogP contribution < -0.4 is 5.32 Å². The number of carbonyl (C=O) groups excluding carboxylic acids is 1. The second-order valence-electron chi connectivity index (χ2n) is 5.45. The molecule has 9 heteroatoms. The van der Waals surface area contributed by atoms with Crippen LogP contribution in [0.2, 0.25) is 0 Å². The number of hydrogen-bond acceptors (Lipinski definition) is 3. The lowest BCUT2D eigenvalue weighted by Gasteiger charge is -2.28. The third-order valence-electron chi connectivity index (χ3n) is 3.18. The Kier molecular flexibility index (Phi) is 4.14. The van der Waals surface area contributed by atoms with E-state index in [4.69, 9.17) is 0 Å². The Labute approximate surface area is 129 Å². The molecule has 0 saturated heterocycles. The molecule has 2 aromatic rings. The van der Waals surface area contributed by atoms with Crippen molar-refractivity contribution >= 4 is 5.91 Å². The largest absolute Gasteiger partial charge is 0.410 e. The quantitative estimate of drug-likeness (QED) is 0.881. The highest BCUT2D eigenvalue weighted by Gasteiger charge is 2.48. The highest BCUT2D eigenvalue weighted by molar-refractivity contribution is 5.91. The van der Waals surface area contributed by atoms with E-state index in [1.54, 1.807) is 0 Å². The summed E-state index contributed by atoms with van der Waals surface area (Å²) in [6.07, 6.45) is -4.61. The number of hydrogen-bond donors (Lipinski definition) is 1. The van der Waals surface area contributed by atoms with Gasteiger partial charge in [0.2, 0.25) is 5.82 Å². The molecule has 0 bridgehead atoms. The standard InChI is InChI=1S/C14H14F4N4O/c1-8-19-11(12(23)20-13(2,3)14(16,17)18)21-22(8)10-6-4-9(15)5-7-10/h4-7H,1-3H3,(H,20,23). The normalized spacial score (nSPS) is 12.3. The van der Waals surface area contributed by atoms with Crippen molar-refractivity contribution in [2.75, 3.05) is 0 Å². The van der Waals surface area contributed by atoms with Crippen LogP contribution in [0.5, 0.6) is 0 Å². The van der Waals surface area contributed by atoms with Crippen LogP contribution in [0.1, 0.15) is 30.3 Å². The predicted molar refractivity (Wildman–Crippen MR) is 73.7 cm³/mol. The topological polar surface area (TPSA) is 59.8 Å². The number of amides is 1. The summed E-state index contributed by atoms with van der Waals surface area (Å²) >= 11 is 0. The van der Waals surface area contributed by atoms with E-state index in [-0.39, 0.29) is 5.82 Å². The lowest BCUT2D eigenvalue weighted by Crippen LogP contribution is -2.54. The summed E-state index contributed by atoms with van der Waals surface area (Å²) < 4.78 is 52.6. The van der Waals surface area contributed by atoms with Crippen molar-refractivity contribution in [1.29, 1.82) is 0 Å². The van der Waals surface area contributed by atoms with Crippen molar-refractivity contribution in [1.82, 2.24) is 20.1 Å². The van der Waals surface area contributed by atoms with Crippen LogP contribution >= 0.6 is 0 Å². The van der Waals surface area contributed by atoms with Gasteiger partial charge < -0.3 is 5.32 Å². The highest BCUT2D eigenvalue weighted by Crippen LogP contribution is 2.29. The molecule has 2 rings (SSSR count). The molecule has 23 heavy (non-hydrogen) atoms. The van der Waals surface area contributed by atoms with Gasteiger partial charge in [-0.3, -0.25) is 4.79 Å². The van der Waals surface area contributed by atoms with Crippen molar-refractivity contribution in [3.05, 3.63) is 41.7 Å². The second kappa shape index (κ2) is 5.64. The monoisotopic (exact) mass is 330 g/mol. The maximum absolute atomic E-state index is 12.9. The average molecular weight is 330 g/mol. The smallest absolute Gasteiger partial charge is 0.335 e. The summed E-state index contributed by atoms with van der Waals surface area (Å²) in [7, 11) is 0. The van der Waals surface area contributed by atoms with Gasteiger partial charge in [-0.05, 0) is 45.0 Å². The van der Waals surface area contributed by atoms with Gasteiger partial charge in [0.25, 0.3) is 5.91 Å². The number of benzene rings is 1. The third-order valence-corrected chi connectivity index (χ3v) is 3.18. The Bertz CT molecular complexity index is 719. The number of alkyl halides is 3. The van der Waals surface area contributed by atoms with Gasteiger partial charge in [-0.1, -0.05) is 0 Å². The van der Waals surface area contributed by atoms with Crippen molar-refractivity contribution in [3.63, 3.8) is 0 Å². The molecule has 5 nitrogen and oxygen atoms in total. The molecule has 1 amide bonds. The SMILES string of the molecule is Cc1nc(C(=O)NC(C)(C)C(F)(F)F)nn1-c1ccc(F)cc1. The first-order valence-corrected chi connectivity index (χ1v) is 6.60. The summed E-state index contributed by atoms with van der Waals surface area (Å²) in [6, 6.07) is 5.22. The van der Waals surface area contributed by atoms with Gasteiger partial charge in [0.1, 0.15) is 17.2 Å². The molecule has 0 aliphatic carbocycles. The number of nitrogens with zero attached hydrogens (tertiary/aromatic N) is 3. The molecule has 124 valence electrons. The van der Waals surface area contributed by atoms with E-state index in [1.165, 1.54) is 35.9 Å². The van der Waals surface area contributed by atoms with Gasteiger partial charge in [0.15, 0.2) is 0 Å². The lowest BCUT2D eigenvalue weighted by molar-refractivity contribution is -0.182. The molecular formula is C14H14F4N4O. The first-order chi connectivity index (χ1) is 10.5. The van der Waals surface area contributed by atoms with E-state index in [1.807, 2.05) is 5.32 Å². The number of rotatable bonds is 3. The van der Waals surface area contributed by atoms with Crippen LogP contribution in [0.25, 0.3) is 5.69 Å². The number of aryl methyl sites for hydroxylation is 1. The zero-order chi connectivity index (χ0) is 17.4. The number of halogens is 4. The summed E-state index contributed by atoms with van der Waals surface area (Å²) in [6.45, 7) is 3.21. The average Bonchev–Trinajstić information content (AvgIpc) is 2.80. The fourth-order valence-electron chi connectivity index (χ4n) is 1.72. The highest BCUT2D eigenvalue weighted by atomic mass is 19.4. The fourth-order valence-corrected chi connectivity index (χ4v) is 1.72. The fraction of sp³-hybridized carbons (Fsp3) is 0.357. The van der Waals surface area contributed by atoms with Crippen LogP contribution in [-0.2, 0) is 0 Å². The first-order valence-electron chi connectivity index (χ1n) is 6.60. The van der Waals surface area contributed by atoms with Crippen LogP contribution in [0.3, 0.4) is 0 Å². The molecular weight excluding hydrogens is 316 g/mol.